The number of sulfonamides is 1. The van der Waals surface area contributed by atoms with Gasteiger partial charge in [0.15, 0.2) is 4.60 Å². The predicted molar refractivity (Wildman–Crippen MR) is 76.9 cm³/mol. The summed E-state index contributed by atoms with van der Waals surface area (Å²) in [6.07, 6.45) is 0. The third-order valence-electron chi connectivity index (χ3n) is 2.35. The molecule has 0 aliphatic rings. The van der Waals surface area contributed by atoms with E-state index >= 15 is 0 Å². The minimum Gasteiger partial charge on any atom is -0.235 e. The van der Waals surface area contributed by atoms with E-state index in [2.05, 4.69) is 46.9 Å². The molecular weight excluding hydrogens is 400 g/mol. The molecule has 2 rings (SSSR count). The lowest BCUT2D eigenvalue weighted by Gasteiger charge is -2.07. The van der Waals surface area contributed by atoms with Gasteiger partial charge in [0.25, 0.3) is 10.0 Å². The molecule has 1 N–H and O–H groups in total. The van der Waals surface area contributed by atoms with Crippen molar-refractivity contribution in [2.75, 3.05) is 0 Å². The van der Waals surface area contributed by atoms with Crippen LogP contribution in [-0.2, 0) is 23.6 Å². The summed E-state index contributed by atoms with van der Waals surface area (Å²) in [5.74, 6) is 0. The van der Waals surface area contributed by atoms with Gasteiger partial charge in [-0.05, 0) is 33.6 Å². The fraction of sp³-hybridized carbons (Fsp3) is 0.200. The van der Waals surface area contributed by atoms with Crippen molar-refractivity contribution in [1.29, 1.82) is 0 Å². The molecule has 0 aliphatic heterocycles. The molecule has 19 heavy (non-hydrogen) atoms. The SMILES string of the molecule is Cn1nnc(Br)c1S(=O)(=O)NCc1cccc(Br)c1. The van der Waals surface area contributed by atoms with Crippen LogP contribution in [0, 0.1) is 0 Å². The summed E-state index contributed by atoms with van der Waals surface area (Å²) < 4.78 is 29.1. The summed E-state index contributed by atoms with van der Waals surface area (Å²) in [6.45, 7) is 0.194. The van der Waals surface area contributed by atoms with Crippen LogP contribution in [0.1, 0.15) is 5.56 Å². The van der Waals surface area contributed by atoms with Crippen LogP contribution in [0.5, 0.6) is 0 Å². The highest BCUT2D eigenvalue weighted by atomic mass is 79.9. The number of aryl methyl sites for hydroxylation is 1. The molecule has 1 aromatic carbocycles. The van der Waals surface area contributed by atoms with Crippen molar-refractivity contribution < 1.29 is 8.42 Å². The lowest BCUT2D eigenvalue weighted by Crippen LogP contribution is -2.25. The summed E-state index contributed by atoms with van der Waals surface area (Å²) in [5, 5.41) is 7.30. The Morgan fingerprint density at radius 1 is 1.37 bits per heavy atom. The Morgan fingerprint density at radius 2 is 2.11 bits per heavy atom. The molecular formula is C10H10Br2N4O2S. The van der Waals surface area contributed by atoms with Gasteiger partial charge in [0.1, 0.15) is 0 Å². The summed E-state index contributed by atoms with van der Waals surface area (Å²) in [4.78, 5) is 0. The van der Waals surface area contributed by atoms with Crippen molar-refractivity contribution in [3.63, 3.8) is 0 Å². The lowest BCUT2D eigenvalue weighted by atomic mass is 10.2. The Bertz CT molecular complexity index is 680. The standard InChI is InChI=1S/C10H10Br2N4O2S/c1-16-10(9(12)14-15-16)19(17,18)13-6-7-3-2-4-8(11)5-7/h2-5,13H,6H2,1H3. The van der Waals surface area contributed by atoms with Crippen molar-refractivity contribution in [2.24, 2.45) is 7.05 Å². The Balaban J connectivity index is 2.19. The normalized spacial score (nSPS) is 11.7. The highest BCUT2D eigenvalue weighted by Crippen LogP contribution is 2.18. The summed E-state index contributed by atoms with van der Waals surface area (Å²) in [6, 6.07) is 7.40. The number of halogens is 2. The molecule has 0 bridgehead atoms. The van der Waals surface area contributed by atoms with E-state index in [0.717, 1.165) is 10.0 Å². The largest absolute Gasteiger partial charge is 0.260 e. The van der Waals surface area contributed by atoms with Gasteiger partial charge in [-0.25, -0.2) is 17.8 Å². The zero-order valence-corrected chi connectivity index (χ0v) is 13.8. The van der Waals surface area contributed by atoms with E-state index < -0.39 is 10.0 Å². The fourth-order valence-corrected chi connectivity index (χ4v) is 4.06. The molecule has 0 fully saturated rings. The molecule has 102 valence electrons. The van der Waals surface area contributed by atoms with E-state index in [0.29, 0.717) is 0 Å². The molecule has 0 saturated carbocycles. The van der Waals surface area contributed by atoms with Crippen molar-refractivity contribution in [3.8, 4) is 0 Å². The van der Waals surface area contributed by atoms with Crippen molar-refractivity contribution in [3.05, 3.63) is 38.9 Å². The molecule has 0 radical (unpaired) electrons. The van der Waals surface area contributed by atoms with E-state index in [-0.39, 0.29) is 16.2 Å². The fourth-order valence-electron chi connectivity index (χ4n) is 1.50. The summed E-state index contributed by atoms with van der Waals surface area (Å²) >= 11 is 6.41. The van der Waals surface area contributed by atoms with Crippen LogP contribution in [0.15, 0.2) is 38.4 Å². The Kier molecular flexibility index (Phi) is 4.39. The summed E-state index contributed by atoms with van der Waals surface area (Å²) in [7, 11) is -2.14. The van der Waals surface area contributed by atoms with Crippen LogP contribution < -0.4 is 4.72 Å². The van der Waals surface area contributed by atoms with Crippen LogP contribution >= 0.6 is 31.9 Å². The van der Waals surface area contributed by atoms with Crippen LogP contribution in [-0.4, -0.2) is 23.4 Å². The van der Waals surface area contributed by atoms with Crippen molar-refractivity contribution in [1.82, 2.24) is 19.7 Å². The molecule has 2 aromatic rings. The quantitative estimate of drug-likeness (QED) is 0.835. The second-order valence-corrected chi connectivity index (χ2v) is 7.11. The van der Waals surface area contributed by atoms with Crippen molar-refractivity contribution in [2.45, 2.75) is 11.6 Å². The maximum absolute atomic E-state index is 12.1. The van der Waals surface area contributed by atoms with Crippen LogP contribution in [0.25, 0.3) is 0 Å². The van der Waals surface area contributed by atoms with Gasteiger partial charge in [-0.3, -0.25) is 0 Å². The molecule has 9 heteroatoms. The number of nitrogens with zero attached hydrogens (tertiary/aromatic N) is 3. The molecule has 0 amide bonds. The number of rotatable bonds is 4. The molecule has 0 saturated heterocycles. The molecule has 0 aliphatic carbocycles. The van der Waals surface area contributed by atoms with E-state index in [1.165, 1.54) is 11.7 Å². The third-order valence-corrected chi connectivity index (χ3v) is 5.13. The monoisotopic (exact) mass is 408 g/mol. The van der Waals surface area contributed by atoms with Gasteiger partial charge in [-0.2, -0.15) is 0 Å². The van der Waals surface area contributed by atoms with E-state index in [9.17, 15) is 8.42 Å². The van der Waals surface area contributed by atoms with Gasteiger partial charge < -0.3 is 0 Å². The van der Waals surface area contributed by atoms with Crippen LogP contribution in [0.4, 0.5) is 0 Å². The Morgan fingerprint density at radius 3 is 2.68 bits per heavy atom. The van der Waals surface area contributed by atoms with Gasteiger partial charge in [-0.1, -0.05) is 33.3 Å². The zero-order valence-electron chi connectivity index (χ0n) is 9.84. The molecule has 1 heterocycles. The Hall–Kier alpha value is -0.770. The van der Waals surface area contributed by atoms with E-state index in [4.69, 9.17) is 0 Å². The van der Waals surface area contributed by atoms with Crippen LogP contribution in [0.2, 0.25) is 0 Å². The lowest BCUT2D eigenvalue weighted by molar-refractivity contribution is 0.560. The van der Waals surface area contributed by atoms with Gasteiger partial charge in [0.05, 0.1) is 0 Å². The average Bonchev–Trinajstić information content (AvgIpc) is 2.67. The first kappa shape index (κ1) is 14.6. The molecule has 1 aromatic heterocycles. The second-order valence-electron chi connectivity index (χ2n) is 3.76. The maximum Gasteiger partial charge on any atom is 0.260 e. The Labute approximate surface area is 127 Å². The second kappa shape index (κ2) is 5.70. The first-order valence-electron chi connectivity index (χ1n) is 5.19. The van der Waals surface area contributed by atoms with Crippen LogP contribution in [0.3, 0.4) is 0 Å². The predicted octanol–water partition coefficient (Wildman–Crippen LogP) is 1.82. The third kappa shape index (κ3) is 3.41. The highest BCUT2D eigenvalue weighted by Gasteiger charge is 2.23. The topological polar surface area (TPSA) is 76.9 Å². The average molecular weight is 410 g/mol. The van der Waals surface area contributed by atoms with Crippen molar-refractivity contribution >= 4 is 41.9 Å². The molecule has 0 unspecified atom stereocenters. The van der Waals surface area contributed by atoms with Gasteiger partial charge in [0.2, 0.25) is 5.03 Å². The van der Waals surface area contributed by atoms with E-state index in [1.54, 1.807) is 0 Å². The number of benzene rings is 1. The smallest absolute Gasteiger partial charge is 0.235 e. The number of nitrogens with one attached hydrogen (secondary N) is 1. The minimum atomic E-state index is -3.66. The minimum absolute atomic E-state index is 0.00231. The number of aromatic nitrogens is 3. The van der Waals surface area contributed by atoms with E-state index in [1.807, 2.05) is 24.3 Å². The molecule has 0 atom stereocenters. The van der Waals surface area contributed by atoms with Gasteiger partial charge >= 0.3 is 0 Å². The number of hydrogen-bond acceptors (Lipinski definition) is 4. The molecule has 6 nitrogen and oxygen atoms in total. The first-order valence-corrected chi connectivity index (χ1v) is 8.26. The first-order chi connectivity index (χ1) is 8.90. The highest BCUT2D eigenvalue weighted by molar-refractivity contribution is 9.10. The summed E-state index contributed by atoms with van der Waals surface area (Å²) in [5.41, 5.74) is 0.851. The van der Waals surface area contributed by atoms with Gasteiger partial charge in [0, 0.05) is 18.1 Å². The maximum atomic E-state index is 12.1. The van der Waals surface area contributed by atoms with Gasteiger partial charge in [-0.15, -0.1) is 5.10 Å². The molecule has 0 spiro atoms. The zero-order chi connectivity index (χ0) is 14.0. The number of hydrogen-bond donors (Lipinski definition) is 1.